The summed E-state index contributed by atoms with van der Waals surface area (Å²) in [6.07, 6.45) is 6.55. The van der Waals surface area contributed by atoms with Crippen molar-refractivity contribution < 1.29 is 9.84 Å². The number of aliphatic hydroxyl groups is 1. The Morgan fingerprint density at radius 3 is 2.58 bits per heavy atom. The highest BCUT2D eigenvalue weighted by Crippen LogP contribution is 2.28. The highest BCUT2D eigenvalue weighted by atomic mass is 16.5. The van der Waals surface area contributed by atoms with Gasteiger partial charge in [-0.3, -0.25) is 0 Å². The van der Waals surface area contributed by atoms with Gasteiger partial charge in [0.15, 0.2) is 5.75 Å². The Kier molecular flexibility index (Phi) is 4.75. The van der Waals surface area contributed by atoms with Gasteiger partial charge in [-0.1, -0.05) is 20.8 Å². The summed E-state index contributed by atoms with van der Waals surface area (Å²) < 4.78 is 5.98. The monoisotopic (exact) mass is 264 g/mol. The lowest BCUT2D eigenvalue weighted by atomic mass is 9.89. The molecule has 1 aliphatic rings. The zero-order valence-electron chi connectivity index (χ0n) is 12.1. The number of nitrogens with zero attached hydrogens (tertiary/aromatic N) is 2. The Morgan fingerprint density at radius 1 is 1.32 bits per heavy atom. The highest BCUT2D eigenvalue weighted by Gasteiger charge is 2.21. The van der Waals surface area contributed by atoms with Gasteiger partial charge in [-0.25, -0.2) is 9.97 Å². The molecule has 1 aliphatic carbocycles. The summed E-state index contributed by atoms with van der Waals surface area (Å²) in [5.41, 5.74) is 0.609. The standard InChI is InChI=1S/C15H24N2O2/c1-10(2)15-16-8-14(13(9-18)17-15)19-12-6-4-11(3)5-7-12/h8,10-12,18H,4-7,9H2,1-3H3. The number of aliphatic hydroxyl groups excluding tert-OH is 1. The van der Waals surface area contributed by atoms with E-state index in [1.54, 1.807) is 6.20 Å². The predicted octanol–water partition coefficient (Wildman–Crippen LogP) is 3.05. The smallest absolute Gasteiger partial charge is 0.161 e. The molecule has 0 spiro atoms. The summed E-state index contributed by atoms with van der Waals surface area (Å²) in [5.74, 6) is 2.46. The average molecular weight is 264 g/mol. The van der Waals surface area contributed by atoms with E-state index in [1.807, 2.05) is 13.8 Å². The maximum Gasteiger partial charge on any atom is 0.161 e. The molecule has 0 aliphatic heterocycles. The normalized spacial score (nSPS) is 23.6. The van der Waals surface area contributed by atoms with Crippen molar-refractivity contribution in [2.45, 2.75) is 65.1 Å². The first-order valence-electron chi connectivity index (χ1n) is 7.23. The summed E-state index contributed by atoms with van der Waals surface area (Å²) >= 11 is 0. The molecule has 1 fully saturated rings. The molecule has 1 aromatic rings. The van der Waals surface area contributed by atoms with E-state index >= 15 is 0 Å². The van der Waals surface area contributed by atoms with Gasteiger partial charge in [0.1, 0.15) is 11.5 Å². The lowest BCUT2D eigenvalue weighted by Gasteiger charge is -2.27. The van der Waals surface area contributed by atoms with Crippen LogP contribution in [0.3, 0.4) is 0 Å². The van der Waals surface area contributed by atoms with Crippen LogP contribution in [0.4, 0.5) is 0 Å². The van der Waals surface area contributed by atoms with Gasteiger partial charge in [0.2, 0.25) is 0 Å². The number of ether oxygens (including phenoxy) is 1. The van der Waals surface area contributed by atoms with Gasteiger partial charge in [-0.05, 0) is 31.6 Å². The minimum absolute atomic E-state index is 0.0965. The molecule has 0 bridgehead atoms. The lowest BCUT2D eigenvalue weighted by Crippen LogP contribution is -2.24. The third kappa shape index (κ3) is 3.66. The average Bonchev–Trinajstić information content (AvgIpc) is 2.41. The molecule has 0 atom stereocenters. The van der Waals surface area contributed by atoms with E-state index in [2.05, 4.69) is 16.9 Å². The Labute approximate surface area is 115 Å². The van der Waals surface area contributed by atoms with Crippen LogP contribution in [-0.2, 0) is 6.61 Å². The third-order valence-electron chi connectivity index (χ3n) is 3.77. The first kappa shape index (κ1) is 14.3. The van der Waals surface area contributed by atoms with Gasteiger partial charge in [0, 0.05) is 5.92 Å². The van der Waals surface area contributed by atoms with Crippen molar-refractivity contribution in [3.8, 4) is 5.75 Å². The molecule has 0 radical (unpaired) electrons. The molecule has 1 saturated carbocycles. The number of hydrogen-bond acceptors (Lipinski definition) is 4. The molecule has 1 heterocycles. The fourth-order valence-corrected chi connectivity index (χ4v) is 2.44. The van der Waals surface area contributed by atoms with Crippen LogP contribution in [0.5, 0.6) is 5.75 Å². The second-order valence-electron chi connectivity index (χ2n) is 5.85. The van der Waals surface area contributed by atoms with Crippen LogP contribution in [0.25, 0.3) is 0 Å². The molecule has 4 nitrogen and oxygen atoms in total. The zero-order chi connectivity index (χ0) is 13.8. The summed E-state index contributed by atoms with van der Waals surface area (Å²) in [7, 11) is 0. The molecule has 0 amide bonds. The van der Waals surface area contributed by atoms with E-state index < -0.39 is 0 Å². The second kappa shape index (κ2) is 6.33. The number of aromatic nitrogens is 2. The van der Waals surface area contributed by atoms with Crippen LogP contribution >= 0.6 is 0 Å². The van der Waals surface area contributed by atoms with Crippen molar-refractivity contribution >= 4 is 0 Å². The van der Waals surface area contributed by atoms with Crippen molar-refractivity contribution in [1.82, 2.24) is 9.97 Å². The van der Waals surface area contributed by atoms with Gasteiger partial charge >= 0.3 is 0 Å². The maximum absolute atomic E-state index is 9.43. The first-order chi connectivity index (χ1) is 9.10. The molecule has 19 heavy (non-hydrogen) atoms. The molecular formula is C15H24N2O2. The van der Waals surface area contributed by atoms with Crippen molar-refractivity contribution in [1.29, 1.82) is 0 Å². The minimum Gasteiger partial charge on any atom is -0.487 e. The van der Waals surface area contributed by atoms with Crippen molar-refractivity contribution in [2.24, 2.45) is 5.92 Å². The molecule has 1 N–H and O–H groups in total. The van der Waals surface area contributed by atoms with E-state index in [1.165, 1.54) is 12.8 Å². The maximum atomic E-state index is 9.43. The minimum atomic E-state index is -0.0965. The van der Waals surface area contributed by atoms with Gasteiger partial charge in [-0.2, -0.15) is 0 Å². The molecule has 4 heteroatoms. The van der Waals surface area contributed by atoms with Crippen LogP contribution in [0.1, 0.15) is 63.9 Å². The Balaban J connectivity index is 2.07. The molecule has 0 aromatic carbocycles. The number of hydrogen-bond donors (Lipinski definition) is 1. The van der Waals surface area contributed by atoms with Crippen LogP contribution in [0.2, 0.25) is 0 Å². The second-order valence-corrected chi connectivity index (χ2v) is 5.85. The van der Waals surface area contributed by atoms with Gasteiger partial charge in [0.05, 0.1) is 18.9 Å². The van der Waals surface area contributed by atoms with Crippen LogP contribution in [-0.4, -0.2) is 21.2 Å². The van der Waals surface area contributed by atoms with Crippen molar-refractivity contribution in [3.05, 3.63) is 17.7 Å². The Morgan fingerprint density at radius 2 is 2.00 bits per heavy atom. The summed E-state index contributed by atoms with van der Waals surface area (Å²) in [6, 6.07) is 0. The molecule has 2 rings (SSSR count). The first-order valence-corrected chi connectivity index (χ1v) is 7.23. The van der Waals surface area contributed by atoms with Crippen LogP contribution < -0.4 is 4.74 Å². The van der Waals surface area contributed by atoms with E-state index in [0.717, 1.165) is 24.6 Å². The predicted molar refractivity (Wildman–Crippen MR) is 74.1 cm³/mol. The van der Waals surface area contributed by atoms with E-state index in [4.69, 9.17) is 4.74 Å². The third-order valence-corrected chi connectivity index (χ3v) is 3.77. The van der Waals surface area contributed by atoms with E-state index in [0.29, 0.717) is 11.4 Å². The summed E-state index contributed by atoms with van der Waals surface area (Å²) in [4.78, 5) is 8.71. The van der Waals surface area contributed by atoms with E-state index in [-0.39, 0.29) is 18.6 Å². The summed E-state index contributed by atoms with van der Waals surface area (Å²) in [6.45, 7) is 6.27. The fourth-order valence-electron chi connectivity index (χ4n) is 2.44. The highest BCUT2D eigenvalue weighted by molar-refractivity contribution is 5.25. The molecule has 106 valence electrons. The van der Waals surface area contributed by atoms with Gasteiger partial charge < -0.3 is 9.84 Å². The Hall–Kier alpha value is -1.16. The largest absolute Gasteiger partial charge is 0.487 e. The molecule has 1 aromatic heterocycles. The van der Waals surface area contributed by atoms with Gasteiger partial charge in [0.25, 0.3) is 0 Å². The van der Waals surface area contributed by atoms with Gasteiger partial charge in [-0.15, -0.1) is 0 Å². The van der Waals surface area contributed by atoms with Crippen LogP contribution in [0, 0.1) is 5.92 Å². The Bertz CT molecular complexity index is 413. The number of rotatable bonds is 4. The zero-order valence-corrected chi connectivity index (χ0v) is 12.1. The quantitative estimate of drug-likeness (QED) is 0.908. The molecular weight excluding hydrogens is 240 g/mol. The molecule has 0 unspecified atom stereocenters. The topological polar surface area (TPSA) is 55.2 Å². The van der Waals surface area contributed by atoms with E-state index in [9.17, 15) is 5.11 Å². The van der Waals surface area contributed by atoms with Crippen molar-refractivity contribution in [3.63, 3.8) is 0 Å². The van der Waals surface area contributed by atoms with Crippen molar-refractivity contribution in [2.75, 3.05) is 0 Å². The lowest BCUT2D eigenvalue weighted by molar-refractivity contribution is 0.130. The molecule has 0 saturated heterocycles. The SMILES string of the molecule is CC1CCC(Oc2cnc(C(C)C)nc2CO)CC1. The summed E-state index contributed by atoms with van der Waals surface area (Å²) in [5, 5.41) is 9.43. The fraction of sp³-hybridized carbons (Fsp3) is 0.733. The van der Waals surface area contributed by atoms with Crippen LogP contribution in [0.15, 0.2) is 6.20 Å².